The molecule has 12 heavy (non-hydrogen) atoms. The lowest BCUT2D eigenvalue weighted by Crippen LogP contribution is -1.94. The van der Waals surface area contributed by atoms with Crippen LogP contribution in [0, 0.1) is 3.57 Å². The first-order valence-electron chi connectivity index (χ1n) is 3.18. The molecule has 64 valence electrons. The molecule has 1 nitrogen and oxygen atoms in total. The maximum Gasteiger partial charge on any atom is 0.161 e. The zero-order valence-electron chi connectivity index (χ0n) is 6.20. The molecule has 0 amide bonds. The first kappa shape index (κ1) is 10.5. The fourth-order valence-corrected chi connectivity index (χ4v) is 2.05. The van der Waals surface area contributed by atoms with Crippen LogP contribution in [0.5, 0.6) is 0 Å². The van der Waals surface area contributed by atoms with Gasteiger partial charge >= 0.3 is 0 Å². The molecule has 1 rings (SSSR count). The van der Waals surface area contributed by atoms with Gasteiger partial charge in [-0.05, 0) is 57.6 Å². The fourth-order valence-electron chi connectivity index (χ4n) is 0.798. The van der Waals surface area contributed by atoms with Gasteiger partial charge in [-0.15, -0.1) is 0 Å². The lowest BCUT2D eigenvalue weighted by Gasteiger charge is -2.03. The standard InChI is InChI=1S/C8H5BrClIO/c1-4(12)5-2-3-6(11)7(9)8(5)10/h2-3H,1H3. The van der Waals surface area contributed by atoms with Crippen molar-refractivity contribution in [3.63, 3.8) is 0 Å². The Hall–Kier alpha value is 0.390. The zero-order valence-corrected chi connectivity index (χ0v) is 10.7. The Kier molecular flexibility index (Phi) is 3.55. The van der Waals surface area contributed by atoms with Crippen molar-refractivity contribution in [2.75, 3.05) is 0 Å². The summed E-state index contributed by atoms with van der Waals surface area (Å²) in [5.41, 5.74) is 0.559. The highest BCUT2D eigenvalue weighted by Gasteiger charge is 2.10. The van der Waals surface area contributed by atoms with Crippen LogP contribution in [0.15, 0.2) is 16.6 Å². The van der Waals surface area contributed by atoms with E-state index in [4.69, 9.17) is 11.6 Å². The lowest BCUT2D eigenvalue weighted by molar-refractivity contribution is 0.101. The molecule has 0 aliphatic heterocycles. The molecule has 0 aliphatic rings. The first-order valence-corrected chi connectivity index (χ1v) is 5.43. The van der Waals surface area contributed by atoms with Gasteiger partial charge in [-0.25, -0.2) is 0 Å². The molecule has 0 heterocycles. The van der Waals surface area contributed by atoms with Gasteiger partial charge in [0.2, 0.25) is 0 Å². The predicted molar refractivity (Wildman–Crippen MR) is 61.9 cm³/mol. The number of ketones is 1. The van der Waals surface area contributed by atoms with E-state index >= 15 is 0 Å². The molecular formula is C8H5BrClIO. The third kappa shape index (κ3) is 2.00. The van der Waals surface area contributed by atoms with E-state index in [0.29, 0.717) is 10.6 Å². The highest BCUT2D eigenvalue weighted by atomic mass is 127. The summed E-state index contributed by atoms with van der Waals surface area (Å²) in [4.78, 5) is 11.0. The van der Waals surface area contributed by atoms with Gasteiger partial charge in [0, 0.05) is 9.13 Å². The Labute approximate surface area is 97.8 Å². The largest absolute Gasteiger partial charge is 0.294 e. The maximum absolute atomic E-state index is 11.0. The van der Waals surface area contributed by atoms with Crippen LogP contribution < -0.4 is 0 Å². The van der Waals surface area contributed by atoms with E-state index < -0.39 is 0 Å². The highest BCUT2D eigenvalue weighted by Crippen LogP contribution is 2.30. The third-order valence-corrected chi connectivity index (χ3v) is 4.50. The normalized spacial score (nSPS) is 10.0. The van der Waals surface area contributed by atoms with Gasteiger partial charge in [0.1, 0.15) is 0 Å². The Balaban J connectivity index is 3.36. The second-order valence-electron chi connectivity index (χ2n) is 2.28. The summed E-state index contributed by atoms with van der Waals surface area (Å²) < 4.78 is 1.79. The second kappa shape index (κ2) is 4.07. The lowest BCUT2D eigenvalue weighted by atomic mass is 10.1. The van der Waals surface area contributed by atoms with E-state index in [1.54, 1.807) is 6.07 Å². The summed E-state index contributed by atoms with van der Waals surface area (Å²) in [5.74, 6) is -0.0166. The van der Waals surface area contributed by atoms with Crippen LogP contribution in [-0.2, 0) is 0 Å². The van der Waals surface area contributed by atoms with Crippen molar-refractivity contribution in [3.05, 3.63) is 30.8 Å². The minimum atomic E-state index is -0.0166. The van der Waals surface area contributed by atoms with Crippen molar-refractivity contribution in [3.8, 4) is 0 Å². The summed E-state index contributed by atoms with van der Waals surface area (Å²) in [6, 6.07) is 3.59. The number of halogens is 3. The number of carbonyl (C=O) groups is 1. The molecule has 0 unspecified atom stereocenters. The molecule has 0 spiro atoms. The van der Waals surface area contributed by atoms with E-state index in [9.17, 15) is 4.79 Å². The number of carbonyl (C=O) groups excluding carboxylic acids is 1. The topological polar surface area (TPSA) is 17.1 Å². The number of benzene rings is 1. The van der Waals surface area contributed by atoms with Crippen molar-refractivity contribution in [1.82, 2.24) is 0 Å². The van der Waals surface area contributed by atoms with Crippen LogP contribution in [0.25, 0.3) is 0 Å². The monoisotopic (exact) mass is 358 g/mol. The van der Waals surface area contributed by atoms with E-state index in [2.05, 4.69) is 38.5 Å². The molecule has 0 saturated heterocycles. The van der Waals surface area contributed by atoms with E-state index in [1.807, 2.05) is 6.07 Å². The molecule has 0 atom stereocenters. The van der Waals surface area contributed by atoms with Gasteiger partial charge < -0.3 is 0 Å². The molecule has 0 bridgehead atoms. The first-order chi connectivity index (χ1) is 5.54. The average molecular weight is 359 g/mol. The van der Waals surface area contributed by atoms with Gasteiger partial charge in [0.25, 0.3) is 0 Å². The molecule has 1 aromatic rings. The number of hydrogen-bond donors (Lipinski definition) is 0. The molecule has 0 aromatic heterocycles. The molecule has 0 saturated carbocycles. The number of Topliss-reactive ketones (excluding diaryl/α,β-unsaturated/α-hetero) is 1. The summed E-state index contributed by atoms with van der Waals surface area (Å²) in [6.07, 6.45) is 0. The molecule has 0 radical (unpaired) electrons. The van der Waals surface area contributed by atoms with Crippen molar-refractivity contribution < 1.29 is 4.79 Å². The molecule has 1 aromatic carbocycles. The van der Waals surface area contributed by atoms with Crippen LogP contribution in [0.4, 0.5) is 0 Å². The van der Waals surface area contributed by atoms with Gasteiger partial charge in [-0.2, -0.15) is 0 Å². The summed E-state index contributed by atoms with van der Waals surface area (Å²) in [7, 11) is 0. The van der Waals surface area contributed by atoms with Crippen LogP contribution in [-0.4, -0.2) is 5.78 Å². The van der Waals surface area contributed by atoms with Crippen LogP contribution >= 0.6 is 50.1 Å². The quantitative estimate of drug-likeness (QED) is 0.422. The summed E-state index contributed by atoms with van der Waals surface area (Å²) >= 11 is 11.4. The molecular weight excluding hydrogens is 354 g/mol. The van der Waals surface area contributed by atoms with Crippen molar-refractivity contribution in [2.24, 2.45) is 0 Å². The molecule has 0 aliphatic carbocycles. The SMILES string of the molecule is CC(=O)c1ccc(I)c(Br)c1Cl. The Morgan fingerprint density at radius 1 is 1.58 bits per heavy atom. The van der Waals surface area contributed by atoms with Crippen LogP contribution in [0.2, 0.25) is 5.02 Å². The van der Waals surface area contributed by atoms with Crippen molar-refractivity contribution in [1.29, 1.82) is 0 Å². The minimum absolute atomic E-state index is 0.0166. The Morgan fingerprint density at radius 3 is 2.67 bits per heavy atom. The van der Waals surface area contributed by atoms with Gasteiger partial charge in [0.05, 0.1) is 9.50 Å². The number of hydrogen-bond acceptors (Lipinski definition) is 1. The third-order valence-electron chi connectivity index (χ3n) is 1.41. The van der Waals surface area contributed by atoms with E-state index in [1.165, 1.54) is 6.92 Å². The summed E-state index contributed by atoms with van der Waals surface area (Å²) in [6.45, 7) is 1.50. The van der Waals surface area contributed by atoms with E-state index in [0.717, 1.165) is 8.04 Å². The fraction of sp³-hybridized carbons (Fsp3) is 0.125. The molecule has 0 N–H and O–H groups in total. The van der Waals surface area contributed by atoms with Crippen LogP contribution in [0.3, 0.4) is 0 Å². The highest BCUT2D eigenvalue weighted by molar-refractivity contribution is 14.1. The number of rotatable bonds is 1. The second-order valence-corrected chi connectivity index (χ2v) is 4.61. The van der Waals surface area contributed by atoms with Gasteiger partial charge in [0.15, 0.2) is 5.78 Å². The van der Waals surface area contributed by atoms with Crippen molar-refractivity contribution in [2.45, 2.75) is 6.92 Å². The van der Waals surface area contributed by atoms with Gasteiger partial charge in [-0.3, -0.25) is 4.79 Å². The minimum Gasteiger partial charge on any atom is -0.294 e. The Morgan fingerprint density at radius 2 is 2.17 bits per heavy atom. The predicted octanol–water partition coefficient (Wildman–Crippen LogP) is 3.91. The van der Waals surface area contributed by atoms with Crippen LogP contribution in [0.1, 0.15) is 17.3 Å². The molecule has 0 fully saturated rings. The van der Waals surface area contributed by atoms with Crippen molar-refractivity contribution >= 4 is 55.9 Å². The smallest absolute Gasteiger partial charge is 0.161 e. The van der Waals surface area contributed by atoms with E-state index in [-0.39, 0.29) is 5.78 Å². The Bertz CT molecular complexity index is 338. The maximum atomic E-state index is 11.0. The average Bonchev–Trinajstić information content (AvgIpc) is 2.00. The zero-order chi connectivity index (χ0) is 9.30. The van der Waals surface area contributed by atoms with Gasteiger partial charge in [-0.1, -0.05) is 11.6 Å². The summed E-state index contributed by atoms with van der Waals surface area (Å²) in [5, 5.41) is 0.495. The molecule has 4 heteroatoms.